The van der Waals surface area contributed by atoms with E-state index in [2.05, 4.69) is 84.9 Å². The van der Waals surface area contributed by atoms with Crippen LogP contribution in [-0.4, -0.2) is 86.0 Å². The fourth-order valence-electron chi connectivity index (χ4n) is 8.30. The average molecular weight is 769 g/mol. The third kappa shape index (κ3) is 9.83. The minimum absolute atomic E-state index is 0.0338. The molecule has 3 aromatic rings. The fraction of sp³-hybridized carbons (Fsp3) is 0.522. The molecule has 0 radical (unpaired) electrons. The lowest BCUT2D eigenvalue weighted by molar-refractivity contribution is 0.0502. The summed E-state index contributed by atoms with van der Waals surface area (Å²) in [5.41, 5.74) is 10.2. The molecule has 2 atom stereocenters. The molecule has 2 unspecified atom stereocenters. The number of benzene rings is 2. The molecule has 8 nitrogen and oxygen atoms in total. The van der Waals surface area contributed by atoms with Gasteiger partial charge in [-0.05, 0) is 117 Å². The fourth-order valence-corrected chi connectivity index (χ4v) is 8.43. The van der Waals surface area contributed by atoms with Crippen LogP contribution in [0.15, 0.2) is 60.2 Å². The number of anilines is 3. The van der Waals surface area contributed by atoms with Gasteiger partial charge in [-0.25, -0.2) is 4.98 Å². The smallest absolute Gasteiger partial charge is 0.238 e. The number of aliphatic hydroxyl groups excluding tert-OH is 1. The Kier molecular flexibility index (Phi) is 13.8. The molecule has 9 heteroatoms. The summed E-state index contributed by atoms with van der Waals surface area (Å²) in [6, 6.07) is 17.0. The Morgan fingerprint density at radius 2 is 1.93 bits per heavy atom. The van der Waals surface area contributed by atoms with Crippen LogP contribution < -0.4 is 14.5 Å². The average Bonchev–Trinajstić information content (AvgIpc) is 3.39. The molecule has 0 spiro atoms. The summed E-state index contributed by atoms with van der Waals surface area (Å²) in [6.45, 7) is 18.8. The second-order valence-corrected chi connectivity index (χ2v) is 16.8. The van der Waals surface area contributed by atoms with E-state index in [1.54, 1.807) is 6.92 Å². The Balaban J connectivity index is 1.33. The van der Waals surface area contributed by atoms with Crippen LogP contribution in [0.2, 0.25) is 5.02 Å². The van der Waals surface area contributed by atoms with Crippen molar-refractivity contribution in [2.24, 2.45) is 5.41 Å². The number of carbonyl (C=O) groups excluding carboxylic acids is 1. The number of aromatic nitrogens is 1. The van der Waals surface area contributed by atoms with E-state index in [1.165, 1.54) is 16.7 Å². The molecule has 0 bridgehead atoms. The summed E-state index contributed by atoms with van der Waals surface area (Å²) >= 11 is 6.31. The van der Waals surface area contributed by atoms with Crippen molar-refractivity contribution < 1.29 is 19.4 Å². The van der Waals surface area contributed by atoms with Crippen molar-refractivity contribution in [2.75, 3.05) is 69.0 Å². The molecule has 6 rings (SSSR count). The summed E-state index contributed by atoms with van der Waals surface area (Å²) < 4.78 is 12.5. The highest BCUT2D eigenvalue weighted by atomic mass is 35.5. The number of hydrogen-bond acceptors (Lipinski definition) is 8. The zero-order chi connectivity index (χ0) is 39.1. The Hall–Kier alpha value is -3.69. The molecule has 296 valence electrons. The van der Waals surface area contributed by atoms with Gasteiger partial charge in [0.25, 0.3) is 0 Å². The Bertz CT molecular complexity index is 1850. The number of hydrogen-bond donors (Lipinski definition) is 1. The van der Waals surface area contributed by atoms with Crippen molar-refractivity contribution in [1.82, 2.24) is 9.88 Å². The van der Waals surface area contributed by atoms with E-state index in [1.807, 2.05) is 25.1 Å². The summed E-state index contributed by atoms with van der Waals surface area (Å²) in [6.07, 6.45) is 9.89. The molecule has 1 aromatic heterocycles. The van der Waals surface area contributed by atoms with Gasteiger partial charge in [-0.15, -0.1) is 0 Å². The molecule has 0 saturated carbocycles. The molecule has 1 aliphatic carbocycles. The van der Waals surface area contributed by atoms with Crippen molar-refractivity contribution in [3.63, 3.8) is 0 Å². The van der Waals surface area contributed by atoms with Crippen LogP contribution in [0, 0.1) is 5.41 Å². The SMILES string of the molecule is C/C=C\c1cc2c(nc1C(C)CC)OCCCN2c1cc(N2CCN(CC3=C(c4ccc(Cl)cc4)CC(C)(C)CC3)C(COCCCO)C2)ccc1C(C)=O. The minimum atomic E-state index is 0.0338. The van der Waals surface area contributed by atoms with Gasteiger partial charge in [0.05, 0.1) is 30.6 Å². The Morgan fingerprint density at radius 3 is 2.65 bits per heavy atom. The number of allylic oxidation sites excluding steroid dienone is 2. The molecule has 55 heavy (non-hydrogen) atoms. The van der Waals surface area contributed by atoms with Gasteiger partial charge >= 0.3 is 0 Å². The predicted octanol–water partition coefficient (Wildman–Crippen LogP) is 9.96. The predicted molar refractivity (Wildman–Crippen MR) is 227 cm³/mol. The monoisotopic (exact) mass is 768 g/mol. The summed E-state index contributed by atoms with van der Waals surface area (Å²) in [7, 11) is 0. The van der Waals surface area contributed by atoms with Crippen molar-refractivity contribution in [2.45, 2.75) is 92.0 Å². The van der Waals surface area contributed by atoms with Crippen LogP contribution in [0.1, 0.15) is 113 Å². The number of halogens is 1. The number of Topliss-reactive ketones (excluding diaryl/α,β-unsaturated/α-hetero) is 1. The lowest BCUT2D eigenvalue weighted by Gasteiger charge is -2.44. The van der Waals surface area contributed by atoms with E-state index < -0.39 is 0 Å². The van der Waals surface area contributed by atoms with Crippen LogP contribution in [0.4, 0.5) is 17.1 Å². The number of pyridine rings is 1. The van der Waals surface area contributed by atoms with E-state index in [4.69, 9.17) is 26.1 Å². The first-order valence-electron chi connectivity index (χ1n) is 20.4. The van der Waals surface area contributed by atoms with Crippen LogP contribution in [0.25, 0.3) is 11.6 Å². The molecule has 0 amide bonds. The lowest BCUT2D eigenvalue weighted by Crippen LogP contribution is -2.55. The highest BCUT2D eigenvalue weighted by Crippen LogP contribution is 2.44. The van der Waals surface area contributed by atoms with Crippen molar-refractivity contribution in [3.8, 4) is 5.88 Å². The maximum atomic E-state index is 13.2. The van der Waals surface area contributed by atoms with Gasteiger partial charge in [0.15, 0.2) is 5.78 Å². The van der Waals surface area contributed by atoms with Gasteiger partial charge in [-0.1, -0.05) is 69.2 Å². The lowest BCUT2D eigenvalue weighted by atomic mass is 9.72. The van der Waals surface area contributed by atoms with Crippen LogP contribution in [0.5, 0.6) is 5.88 Å². The van der Waals surface area contributed by atoms with Crippen molar-refractivity contribution in [3.05, 3.63) is 87.6 Å². The van der Waals surface area contributed by atoms with Gasteiger partial charge < -0.3 is 24.4 Å². The van der Waals surface area contributed by atoms with Crippen LogP contribution >= 0.6 is 11.6 Å². The number of fused-ring (bicyclic) bond motifs is 1. The molecule has 1 N–H and O–H groups in total. The number of nitrogens with zero attached hydrogens (tertiary/aromatic N) is 4. The molecule has 1 saturated heterocycles. The van der Waals surface area contributed by atoms with E-state index in [0.717, 1.165) is 91.6 Å². The van der Waals surface area contributed by atoms with Crippen molar-refractivity contribution in [1.29, 1.82) is 0 Å². The molecule has 2 aromatic carbocycles. The number of carbonyl (C=O) groups is 1. The zero-order valence-electron chi connectivity index (χ0n) is 33.9. The van der Waals surface area contributed by atoms with Gasteiger partial charge in [-0.2, -0.15) is 0 Å². The largest absolute Gasteiger partial charge is 0.476 e. The molecule has 2 aliphatic heterocycles. The van der Waals surface area contributed by atoms with Gasteiger partial charge in [-0.3, -0.25) is 9.69 Å². The highest BCUT2D eigenvalue weighted by molar-refractivity contribution is 6.30. The second-order valence-electron chi connectivity index (χ2n) is 16.4. The first kappa shape index (κ1) is 41.0. The van der Waals surface area contributed by atoms with E-state index in [-0.39, 0.29) is 29.8 Å². The normalized spacial score (nSPS) is 19.7. The summed E-state index contributed by atoms with van der Waals surface area (Å²) in [5.74, 6) is 0.956. The first-order chi connectivity index (χ1) is 26.5. The zero-order valence-corrected chi connectivity index (χ0v) is 34.6. The number of piperazine rings is 1. The van der Waals surface area contributed by atoms with Gasteiger partial charge in [0, 0.05) is 62.2 Å². The van der Waals surface area contributed by atoms with Gasteiger partial charge in [0.2, 0.25) is 5.88 Å². The topological polar surface area (TPSA) is 78.4 Å². The molecular formula is C46H61ClN4O4. The maximum Gasteiger partial charge on any atom is 0.238 e. The molecule has 3 heterocycles. The second kappa shape index (κ2) is 18.5. The van der Waals surface area contributed by atoms with E-state index in [9.17, 15) is 9.90 Å². The maximum absolute atomic E-state index is 13.2. The van der Waals surface area contributed by atoms with Crippen molar-refractivity contribution >= 4 is 46.1 Å². The first-order valence-corrected chi connectivity index (χ1v) is 20.8. The number of aliphatic hydroxyl groups is 1. The summed E-state index contributed by atoms with van der Waals surface area (Å²) in [5, 5.41) is 10.2. The third-order valence-electron chi connectivity index (χ3n) is 11.7. The standard InChI is InChI=1S/C46H61ClN4O4/c1-7-11-35-26-43-45(48-44(35)32(3)8-2)55-25-9-20-51(43)42-27-38(16-17-40(42)33(4)53)50-22-21-49(39(30-50)31-54-24-10-23-52)29-36-18-19-46(5,6)28-41(36)34-12-14-37(47)15-13-34/h7,11-17,26-27,32,39,52H,8-10,18-25,28-31H2,1-6H3/b11-7-. The quantitative estimate of drug-likeness (QED) is 0.128. The minimum Gasteiger partial charge on any atom is -0.476 e. The summed E-state index contributed by atoms with van der Waals surface area (Å²) in [4.78, 5) is 25.7. The molecule has 1 fully saturated rings. The highest BCUT2D eigenvalue weighted by Gasteiger charge is 2.33. The van der Waals surface area contributed by atoms with E-state index in [0.29, 0.717) is 44.2 Å². The van der Waals surface area contributed by atoms with Crippen LogP contribution in [-0.2, 0) is 4.74 Å². The van der Waals surface area contributed by atoms with Crippen LogP contribution in [0.3, 0.4) is 0 Å². The number of ether oxygens (including phenoxy) is 2. The van der Waals surface area contributed by atoms with Gasteiger partial charge in [0.1, 0.15) is 5.69 Å². The molecule has 3 aliphatic rings. The number of rotatable bonds is 14. The molecular weight excluding hydrogens is 708 g/mol. The van der Waals surface area contributed by atoms with E-state index >= 15 is 0 Å². The number of ketones is 1. The third-order valence-corrected chi connectivity index (χ3v) is 11.9. The Labute approximate surface area is 334 Å². The Morgan fingerprint density at radius 1 is 1.13 bits per heavy atom.